The molecule has 10 unspecified atom stereocenters. The Balaban J connectivity index is 1.58. The largest absolute Gasteiger partial charge is 0.390 e. The molecule has 0 spiro atoms. The number of aliphatic hydroxyl groups is 1. The minimum absolute atomic E-state index is 0.0274. The molecule has 240 valence electrons. The smallest absolute Gasteiger partial charge is 0.269 e. The number of rotatable bonds is 9. The number of hydrogen-bond donors (Lipinski definition) is 7. The van der Waals surface area contributed by atoms with Crippen molar-refractivity contribution in [3.8, 4) is 0 Å². The van der Waals surface area contributed by atoms with Crippen LogP contribution < -0.4 is 5.32 Å². The molecule has 0 saturated heterocycles. The lowest BCUT2D eigenvalue weighted by Crippen LogP contribution is -2.61. The molecule has 0 aromatic carbocycles. The van der Waals surface area contributed by atoms with Crippen molar-refractivity contribution < 1.29 is 49.4 Å². The van der Waals surface area contributed by atoms with Crippen molar-refractivity contribution >= 4 is 31.1 Å². The number of nitrogens with one attached hydrogen (secondary N) is 1. The second-order valence-electron chi connectivity index (χ2n) is 12.4. The lowest BCUT2D eigenvalue weighted by molar-refractivity contribution is -0.0424. The molecule has 4 aliphatic rings. The van der Waals surface area contributed by atoms with E-state index in [1.54, 1.807) is 0 Å². The quantitative estimate of drug-likeness (QED) is 0.109. The molecule has 4 rings (SSSR count). The average Bonchev–Trinajstić information content (AvgIpc) is 2.87. The molecule has 0 aliphatic heterocycles. The number of aliphatic hydroxyl groups excluding tert-OH is 1. The molecule has 4 fully saturated rings. The van der Waals surface area contributed by atoms with Crippen LogP contribution >= 0.6 is 10.9 Å². The Morgan fingerprint density at radius 2 is 1.49 bits per heavy atom. The van der Waals surface area contributed by atoms with Gasteiger partial charge < -0.3 is 23.5 Å². The summed E-state index contributed by atoms with van der Waals surface area (Å²) in [5, 5.41) is 19.3. The Morgan fingerprint density at radius 3 is 2.10 bits per heavy atom. The first-order valence-electron chi connectivity index (χ1n) is 14.4. The van der Waals surface area contributed by atoms with Crippen molar-refractivity contribution in [3.63, 3.8) is 0 Å². The van der Waals surface area contributed by atoms with Crippen LogP contribution in [0.15, 0.2) is 10.2 Å². The zero-order valence-electron chi connectivity index (χ0n) is 23.2. The third kappa shape index (κ3) is 8.38. The molecule has 4 aliphatic carbocycles. The summed E-state index contributed by atoms with van der Waals surface area (Å²) in [5.74, 6) is -1.25. The molecule has 7 N–H and O–H groups in total. The van der Waals surface area contributed by atoms with Gasteiger partial charge in [-0.3, -0.25) is 14.4 Å². The molecule has 14 nitrogen and oxygen atoms in total. The van der Waals surface area contributed by atoms with Crippen LogP contribution in [0.4, 0.5) is 0 Å². The van der Waals surface area contributed by atoms with E-state index in [1.165, 1.54) is 0 Å². The molecular weight excluding hydrogens is 602 g/mol. The third-order valence-electron chi connectivity index (χ3n) is 9.55. The topological polar surface area (TPSA) is 236 Å². The molecule has 0 aromatic rings. The van der Waals surface area contributed by atoms with Crippen LogP contribution in [0.3, 0.4) is 0 Å². The fourth-order valence-corrected chi connectivity index (χ4v) is 10.6. The molecule has 0 radical (unpaired) electrons. The van der Waals surface area contributed by atoms with E-state index in [9.17, 15) is 44.7 Å². The molecular formula is C24H45N3O11S3. The van der Waals surface area contributed by atoms with Crippen molar-refractivity contribution in [1.82, 2.24) is 5.32 Å². The SMILES string of the molecule is CC1CCC(N=NC2C(O)C3C(CC2S(O)(O)O)CC(S(=O)(=O)O)CC3NCOC2CCCCC2)C(S(=O)(=O)O)C1. The van der Waals surface area contributed by atoms with Gasteiger partial charge in [-0.15, -0.1) is 0 Å². The fraction of sp³-hybridized carbons (Fsp3) is 1.00. The summed E-state index contributed by atoms with van der Waals surface area (Å²) in [4.78, 5) is 0. The van der Waals surface area contributed by atoms with Gasteiger partial charge in [0, 0.05) is 12.0 Å². The number of nitrogens with zero attached hydrogens (tertiary/aromatic N) is 2. The van der Waals surface area contributed by atoms with Gasteiger partial charge in [-0.05, 0) is 63.2 Å². The third-order valence-corrected chi connectivity index (χ3v) is 13.3. The first-order valence-corrected chi connectivity index (χ1v) is 19.0. The van der Waals surface area contributed by atoms with E-state index >= 15 is 0 Å². The van der Waals surface area contributed by atoms with E-state index in [2.05, 4.69) is 15.5 Å². The number of fused-ring (bicyclic) bond motifs is 1. The fourth-order valence-electron chi connectivity index (χ4n) is 7.37. The zero-order valence-corrected chi connectivity index (χ0v) is 25.6. The summed E-state index contributed by atoms with van der Waals surface area (Å²) in [6, 6.07) is -2.90. The molecule has 4 saturated carbocycles. The van der Waals surface area contributed by atoms with Gasteiger partial charge in [-0.1, -0.05) is 26.2 Å². The Bertz CT molecular complexity index is 1130. The van der Waals surface area contributed by atoms with Crippen LogP contribution in [0.25, 0.3) is 0 Å². The maximum atomic E-state index is 12.2. The van der Waals surface area contributed by atoms with Crippen molar-refractivity contribution in [2.45, 2.75) is 124 Å². The average molecular weight is 648 g/mol. The van der Waals surface area contributed by atoms with Gasteiger partial charge in [0.1, 0.15) is 11.3 Å². The highest BCUT2D eigenvalue weighted by atomic mass is 32.3. The van der Waals surface area contributed by atoms with Crippen LogP contribution in [0, 0.1) is 17.8 Å². The van der Waals surface area contributed by atoms with Gasteiger partial charge in [0.2, 0.25) is 0 Å². The Hall–Kier alpha value is -0.470. The number of hydrogen-bond acceptors (Lipinski definition) is 12. The minimum atomic E-state index is -4.45. The van der Waals surface area contributed by atoms with Crippen molar-refractivity contribution in [1.29, 1.82) is 0 Å². The highest BCUT2D eigenvalue weighted by molar-refractivity contribution is 8.20. The molecule has 0 aromatic heterocycles. The summed E-state index contributed by atoms with van der Waals surface area (Å²) in [6.07, 6.45) is 4.63. The number of azo groups is 1. The van der Waals surface area contributed by atoms with Crippen LogP contribution in [-0.2, 0) is 25.0 Å². The summed E-state index contributed by atoms with van der Waals surface area (Å²) in [6.45, 7) is 1.95. The highest BCUT2D eigenvalue weighted by Gasteiger charge is 2.55. The van der Waals surface area contributed by atoms with Gasteiger partial charge in [0.15, 0.2) is 0 Å². The monoisotopic (exact) mass is 647 g/mol. The number of ether oxygens (including phenoxy) is 1. The molecule has 17 heteroatoms. The zero-order chi connectivity index (χ0) is 30.2. The van der Waals surface area contributed by atoms with Gasteiger partial charge in [-0.25, -0.2) is 0 Å². The molecule has 0 amide bonds. The standard InChI is InChI=1S/C24H45N3O11S3/c1-14-7-8-18(20(9-14)40(32,33)34)26-27-23-21(41(35,36)37)11-15-10-17(39(29,30)31)12-19(22(15)24(23)28)25-13-38-16-5-3-2-4-6-16/h14-25,28,35-37H,2-13H2,1H3,(H,29,30,31)(H,32,33,34). The second-order valence-corrected chi connectivity index (χ2v) is 17.5. The van der Waals surface area contributed by atoms with Gasteiger partial charge in [-0.2, -0.15) is 27.1 Å². The van der Waals surface area contributed by atoms with E-state index in [-0.39, 0.29) is 44.4 Å². The maximum Gasteiger partial charge on any atom is 0.269 e. The van der Waals surface area contributed by atoms with E-state index in [0.29, 0.717) is 12.8 Å². The van der Waals surface area contributed by atoms with Gasteiger partial charge in [0.25, 0.3) is 20.2 Å². The molecule has 0 bridgehead atoms. The van der Waals surface area contributed by atoms with E-state index < -0.39 is 82.9 Å². The lowest BCUT2D eigenvalue weighted by atomic mass is 9.65. The predicted molar refractivity (Wildman–Crippen MR) is 152 cm³/mol. The van der Waals surface area contributed by atoms with E-state index in [4.69, 9.17) is 4.74 Å². The molecule has 0 heterocycles. The van der Waals surface area contributed by atoms with Crippen LogP contribution in [-0.4, -0.2) is 97.5 Å². The summed E-state index contributed by atoms with van der Waals surface area (Å²) < 4.78 is 105. The van der Waals surface area contributed by atoms with Crippen molar-refractivity contribution in [2.75, 3.05) is 6.73 Å². The van der Waals surface area contributed by atoms with Gasteiger partial charge in [0.05, 0.1) is 46.4 Å². The van der Waals surface area contributed by atoms with Crippen molar-refractivity contribution in [2.24, 2.45) is 28.0 Å². The Labute approximate surface area is 243 Å². The summed E-state index contributed by atoms with van der Waals surface area (Å²) >= 11 is 0. The van der Waals surface area contributed by atoms with Crippen LogP contribution in [0.2, 0.25) is 0 Å². The van der Waals surface area contributed by atoms with Crippen LogP contribution in [0.1, 0.15) is 77.6 Å². The lowest BCUT2D eigenvalue weighted by Gasteiger charge is -2.52. The predicted octanol–water partition coefficient (Wildman–Crippen LogP) is 3.16. The minimum Gasteiger partial charge on any atom is -0.390 e. The molecule has 41 heavy (non-hydrogen) atoms. The Morgan fingerprint density at radius 1 is 0.805 bits per heavy atom. The first kappa shape index (κ1) is 33.4. The molecule has 10 atom stereocenters. The van der Waals surface area contributed by atoms with E-state index in [1.807, 2.05) is 6.92 Å². The summed E-state index contributed by atoms with van der Waals surface area (Å²) in [7, 11) is -13.2. The van der Waals surface area contributed by atoms with Crippen LogP contribution in [0.5, 0.6) is 0 Å². The summed E-state index contributed by atoms with van der Waals surface area (Å²) in [5.41, 5.74) is 0. The van der Waals surface area contributed by atoms with E-state index in [0.717, 1.165) is 32.1 Å². The van der Waals surface area contributed by atoms with Crippen molar-refractivity contribution in [3.05, 3.63) is 0 Å². The highest BCUT2D eigenvalue weighted by Crippen LogP contribution is 2.54. The second kappa shape index (κ2) is 13.3. The first-order chi connectivity index (χ1) is 19.1. The normalized spacial score (nSPS) is 40.4. The maximum absolute atomic E-state index is 12.2. The Kier molecular flexibility index (Phi) is 10.8. The van der Waals surface area contributed by atoms with Gasteiger partial charge >= 0.3 is 0 Å².